The van der Waals surface area contributed by atoms with E-state index in [4.69, 9.17) is 9.47 Å². The summed E-state index contributed by atoms with van der Waals surface area (Å²) in [5.74, 6) is -0.255. The van der Waals surface area contributed by atoms with Crippen molar-refractivity contribution in [1.29, 1.82) is 0 Å². The molecule has 2 aromatic carbocycles. The van der Waals surface area contributed by atoms with Crippen molar-refractivity contribution in [3.8, 4) is 5.75 Å². The molecular weight excluding hydrogens is 408 g/mol. The molecule has 170 valence electrons. The number of hydrogen-bond acceptors (Lipinski definition) is 6. The Bertz CT molecular complexity index is 1060. The van der Waals surface area contributed by atoms with Gasteiger partial charge in [-0.1, -0.05) is 18.2 Å². The van der Waals surface area contributed by atoms with Gasteiger partial charge in [0.2, 0.25) is 5.91 Å². The molecule has 0 bridgehead atoms. The average molecular weight is 439 g/mol. The Morgan fingerprint density at radius 2 is 1.88 bits per heavy atom. The highest BCUT2D eigenvalue weighted by molar-refractivity contribution is 5.97. The minimum atomic E-state index is -0.495. The number of ether oxygens (including phenoxy) is 2. The monoisotopic (exact) mass is 438 g/mol. The predicted molar refractivity (Wildman–Crippen MR) is 122 cm³/mol. The highest BCUT2D eigenvalue weighted by Gasteiger charge is 2.27. The summed E-state index contributed by atoms with van der Waals surface area (Å²) < 4.78 is 10.1. The van der Waals surface area contributed by atoms with Crippen molar-refractivity contribution in [3.63, 3.8) is 0 Å². The van der Waals surface area contributed by atoms with Crippen molar-refractivity contribution in [1.82, 2.24) is 5.32 Å². The summed E-state index contributed by atoms with van der Waals surface area (Å²) in [6.45, 7) is 7.69. The van der Waals surface area contributed by atoms with Gasteiger partial charge in [0, 0.05) is 25.6 Å². The van der Waals surface area contributed by atoms with Crippen LogP contribution in [-0.4, -0.2) is 31.5 Å². The molecule has 0 spiro atoms. The third-order valence-corrected chi connectivity index (χ3v) is 5.90. The van der Waals surface area contributed by atoms with E-state index < -0.39 is 6.04 Å². The maximum absolute atomic E-state index is 13.3. The normalized spacial score (nSPS) is 15.0. The number of anilines is 1. The summed E-state index contributed by atoms with van der Waals surface area (Å²) in [5.41, 5.74) is 6.18. The molecule has 2 N–H and O–H groups in total. The number of fused-ring (bicyclic) bond motifs is 1. The molecule has 7 heteroatoms. The number of carbonyl (C=O) groups excluding carboxylic acids is 3. The molecule has 0 saturated carbocycles. The van der Waals surface area contributed by atoms with Crippen molar-refractivity contribution in [2.24, 2.45) is 0 Å². The first-order chi connectivity index (χ1) is 15.2. The molecule has 0 aliphatic carbocycles. The zero-order chi connectivity index (χ0) is 23.4. The molecule has 0 radical (unpaired) electrons. The van der Waals surface area contributed by atoms with Gasteiger partial charge in [0.15, 0.2) is 0 Å². The van der Waals surface area contributed by atoms with E-state index in [0.29, 0.717) is 30.8 Å². The van der Waals surface area contributed by atoms with Crippen LogP contribution < -0.4 is 15.4 Å². The van der Waals surface area contributed by atoms with Crippen LogP contribution in [0, 0.1) is 20.8 Å². The number of rotatable bonds is 6. The molecule has 2 aromatic rings. The van der Waals surface area contributed by atoms with E-state index in [-0.39, 0.29) is 17.8 Å². The average Bonchev–Trinajstić information content (AvgIpc) is 2.77. The number of carbonyl (C=O) groups is 3. The minimum Gasteiger partial charge on any atom is -0.469 e. The van der Waals surface area contributed by atoms with Crippen LogP contribution in [0.5, 0.6) is 5.75 Å². The Balaban J connectivity index is 1.84. The van der Waals surface area contributed by atoms with E-state index in [9.17, 15) is 14.4 Å². The lowest BCUT2D eigenvalue weighted by molar-refractivity contribution is -0.140. The van der Waals surface area contributed by atoms with E-state index in [0.717, 1.165) is 39.8 Å². The number of aryl methyl sites for hydroxylation is 2. The molecule has 1 amide bonds. The third kappa shape index (κ3) is 5.16. The summed E-state index contributed by atoms with van der Waals surface area (Å²) in [6, 6.07) is 7.38. The van der Waals surface area contributed by atoms with E-state index in [1.807, 2.05) is 45.0 Å². The third-order valence-electron chi connectivity index (χ3n) is 5.90. The van der Waals surface area contributed by atoms with E-state index in [1.54, 1.807) is 0 Å². The molecule has 3 rings (SSSR count). The van der Waals surface area contributed by atoms with Crippen LogP contribution in [-0.2, 0) is 32.0 Å². The van der Waals surface area contributed by atoms with Gasteiger partial charge < -0.3 is 20.1 Å². The first kappa shape index (κ1) is 23.5. The fourth-order valence-corrected chi connectivity index (χ4v) is 4.03. The number of hydrogen-bond donors (Lipinski definition) is 2. The SMILES string of the molecule is COC(=O)CCc1ccc2c(c1)[C@@H](C(=O)Nc1cc(C)c(OC(C)=O)c(C)c1C)NCC2. The standard InChI is InChI=1S/C25H30N2O5/c1-14-12-21(15(2)16(3)24(14)32-17(4)28)27-25(30)23-20-13-18(7-9-22(29)31-5)6-8-19(20)10-11-26-23/h6,8,12-13,23,26H,7,9-11H2,1-5H3,(H,27,30)/t23-/m0/s1. The van der Waals surface area contributed by atoms with Crippen LogP contribution >= 0.6 is 0 Å². The summed E-state index contributed by atoms with van der Waals surface area (Å²) in [5, 5.41) is 6.36. The second kappa shape index (κ2) is 9.96. The van der Waals surface area contributed by atoms with E-state index in [1.165, 1.54) is 14.0 Å². The van der Waals surface area contributed by atoms with Crippen LogP contribution in [0.2, 0.25) is 0 Å². The van der Waals surface area contributed by atoms with Crippen LogP contribution in [0.4, 0.5) is 5.69 Å². The lowest BCUT2D eigenvalue weighted by atomic mass is 9.91. The molecule has 7 nitrogen and oxygen atoms in total. The topological polar surface area (TPSA) is 93.7 Å². The van der Waals surface area contributed by atoms with Gasteiger partial charge in [-0.2, -0.15) is 0 Å². The van der Waals surface area contributed by atoms with Gasteiger partial charge in [-0.3, -0.25) is 14.4 Å². The van der Waals surface area contributed by atoms with Crippen LogP contribution in [0.15, 0.2) is 24.3 Å². The minimum absolute atomic E-state index is 0.154. The van der Waals surface area contributed by atoms with Crippen molar-refractivity contribution in [3.05, 3.63) is 57.6 Å². The highest BCUT2D eigenvalue weighted by atomic mass is 16.5. The second-order valence-corrected chi connectivity index (χ2v) is 8.15. The van der Waals surface area contributed by atoms with E-state index >= 15 is 0 Å². The molecule has 1 heterocycles. The molecule has 0 unspecified atom stereocenters. The first-order valence-electron chi connectivity index (χ1n) is 10.7. The summed E-state index contributed by atoms with van der Waals surface area (Å²) in [4.78, 5) is 36.2. The number of methoxy groups -OCH3 is 1. The number of benzene rings is 2. The van der Waals surface area contributed by atoms with Gasteiger partial charge in [-0.25, -0.2) is 0 Å². The first-order valence-corrected chi connectivity index (χ1v) is 10.7. The summed E-state index contributed by atoms with van der Waals surface area (Å²) >= 11 is 0. The van der Waals surface area contributed by atoms with E-state index in [2.05, 4.69) is 10.6 Å². The number of amides is 1. The van der Waals surface area contributed by atoms with Gasteiger partial charge in [0.1, 0.15) is 11.8 Å². The Labute approximate surface area is 188 Å². The van der Waals surface area contributed by atoms with Crippen LogP contribution in [0.25, 0.3) is 0 Å². The molecule has 1 aliphatic rings. The Hall–Kier alpha value is -3.19. The largest absolute Gasteiger partial charge is 0.469 e. The van der Waals surface area contributed by atoms with Crippen LogP contribution in [0.3, 0.4) is 0 Å². The fourth-order valence-electron chi connectivity index (χ4n) is 4.03. The zero-order valence-corrected chi connectivity index (χ0v) is 19.3. The Morgan fingerprint density at radius 3 is 2.56 bits per heavy atom. The number of nitrogens with one attached hydrogen (secondary N) is 2. The van der Waals surface area contributed by atoms with Gasteiger partial charge >= 0.3 is 11.9 Å². The molecular formula is C25H30N2O5. The number of esters is 2. The summed E-state index contributed by atoms with van der Waals surface area (Å²) in [7, 11) is 1.38. The Morgan fingerprint density at radius 1 is 1.12 bits per heavy atom. The molecule has 0 aromatic heterocycles. The van der Waals surface area contributed by atoms with Crippen LogP contribution in [0.1, 0.15) is 52.8 Å². The van der Waals surface area contributed by atoms with Crippen molar-refractivity contribution >= 4 is 23.5 Å². The molecule has 1 aliphatic heterocycles. The van der Waals surface area contributed by atoms with Crippen molar-refractivity contribution in [2.45, 2.75) is 53.0 Å². The lowest BCUT2D eigenvalue weighted by Gasteiger charge is -2.27. The molecule has 0 fully saturated rings. The fraction of sp³-hybridized carbons (Fsp3) is 0.400. The smallest absolute Gasteiger partial charge is 0.308 e. The lowest BCUT2D eigenvalue weighted by Crippen LogP contribution is -2.38. The van der Waals surface area contributed by atoms with Gasteiger partial charge in [0.25, 0.3) is 0 Å². The van der Waals surface area contributed by atoms with Gasteiger partial charge in [-0.15, -0.1) is 0 Å². The van der Waals surface area contributed by atoms with Crippen molar-refractivity contribution in [2.75, 3.05) is 19.0 Å². The quantitative estimate of drug-likeness (QED) is 0.530. The summed E-state index contributed by atoms with van der Waals surface area (Å²) in [6.07, 6.45) is 1.69. The molecule has 0 saturated heterocycles. The molecule has 1 atom stereocenters. The van der Waals surface area contributed by atoms with Crippen molar-refractivity contribution < 1.29 is 23.9 Å². The Kier molecular flexibility index (Phi) is 7.30. The van der Waals surface area contributed by atoms with Gasteiger partial charge in [0.05, 0.1) is 7.11 Å². The second-order valence-electron chi connectivity index (χ2n) is 8.15. The zero-order valence-electron chi connectivity index (χ0n) is 19.3. The maximum Gasteiger partial charge on any atom is 0.308 e. The highest BCUT2D eigenvalue weighted by Crippen LogP contribution is 2.33. The predicted octanol–water partition coefficient (Wildman–Crippen LogP) is 3.47. The van der Waals surface area contributed by atoms with Gasteiger partial charge in [-0.05, 0) is 73.1 Å². The molecule has 32 heavy (non-hydrogen) atoms. The maximum atomic E-state index is 13.3.